The lowest BCUT2D eigenvalue weighted by molar-refractivity contribution is -0.311. The van der Waals surface area contributed by atoms with E-state index in [2.05, 4.69) is 0 Å². The van der Waals surface area contributed by atoms with Crippen molar-refractivity contribution < 1.29 is 18.3 Å². The van der Waals surface area contributed by atoms with Crippen LogP contribution < -0.4 is 5.11 Å². The first-order chi connectivity index (χ1) is 10.5. The first-order valence-electron chi connectivity index (χ1n) is 7.89. The van der Waals surface area contributed by atoms with Gasteiger partial charge in [-0.05, 0) is 42.4 Å². The van der Waals surface area contributed by atoms with Gasteiger partial charge in [-0.1, -0.05) is 39.3 Å². The quantitative estimate of drug-likeness (QED) is 0.838. The molecular weight excluding hydrogens is 314 g/mol. The topological polar surface area (TPSA) is 77.5 Å². The zero-order chi connectivity index (χ0) is 17.4. The van der Waals surface area contributed by atoms with Crippen LogP contribution in [0.2, 0.25) is 0 Å². The first-order valence-corrected chi connectivity index (χ1v) is 9.33. The molecule has 0 saturated carbocycles. The van der Waals surface area contributed by atoms with Crippen LogP contribution >= 0.6 is 0 Å². The average molecular weight is 338 g/mol. The number of hydrogen-bond donors (Lipinski definition) is 0. The van der Waals surface area contributed by atoms with Crippen molar-refractivity contribution in [2.24, 2.45) is 0 Å². The number of nitrogens with zero attached hydrogens (tertiary/aromatic N) is 1. The molecule has 1 aromatic carbocycles. The Bertz CT molecular complexity index is 704. The highest BCUT2D eigenvalue weighted by Crippen LogP contribution is 2.31. The molecule has 2 rings (SSSR count). The lowest BCUT2D eigenvalue weighted by Crippen LogP contribution is -2.52. The Labute approximate surface area is 138 Å². The Morgan fingerprint density at radius 1 is 1.26 bits per heavy atom. The van der Waals surface area contributed by atoms with Crippen LogP contribution in [0.4, 0.5) is 0 Å². The van der Waals surface area contributed by atoms with Gasteiger partial charge in [0.2, 0.25) is 10.0 Å². The summed E-state index contributed by atoms with van der Waals surface area (Å²) in [5.74, 6) is -1.32. The van der Waals surface area contributed by atoms with Gasteiger partial charge in [0.05, 0.1) is 16.9 Å². The van der Waals surface area contributed by atoms with E-state index in [1.165, 1.54) is 0 Å². The first kappa shape index (κ1) is 17.9. The Morgan fingerprint density at radius 2 is 1.91 bits per heavy atom. The van der Waals surface area contributed by atoms with Gasteiger partial charge in [0.15, 0.2) is 0 Å². The fourth-order valence-electron chi connectivity index (χ4n) is 2.90. The molecule has 0 N–H and O–H groups in total. The number of carboxylic acid groups (broad SMARTS) is 1. The van der Waals surface area contributed by atoms with Gasteiger partial charge in [0, 0.05) is 6.54 Å². The molecule has 0 aromatic heterocycles. The molecule has 0 amide bonds. The minimum atomic E-state index is -3.86. The molecule has 6 heteroatoms. The van der Waals surface area contributed by atoms with Gasteiger partial charge in [-0.3, -0.25) is 0 Å². The molecule has 128 valence electrons. The van der Waals surface area contributed by atoms with E-state index in [0.29, 0.717) is 24.8 Å². The summed E-state index contributed by atoms with van der Waals surface area (Å²) in [4.78, 5) is 11.5. The van der Waals surface area contributed by atoms with Gasteiger partial charge >= 0.3 is 0 Å². The maximum atomic E-state index is 13.0. The molecule has 0 aliphatic carbocycles. The Kier molecular flexibility index (Phi) is 4.87. The second-order valence-electron chi connectivity index (χ2n) is 7.18. The summed E-state index contributed by atoms with van der Waals surface area (Å²) in [6.07, 6.45) is 1.67. The molecule has 1 saturated heterocycles. The fourth-order valence-corrected chi connectivity index (χ4v) is 4.80. The number of sulfonamides is 1. The molecule has 23 heavy (non-hydrogen) atoms. The predicted octanol–water partition coefficient (Wildman–Crippen LogP) is 1.59. The van der Waals surface area contributed by atoms with E-state index < -0.39 is 22.0 Å². The van der Waals surface area contributed by atoms with E-state index in [-0.39, 0.29) is 16.9 Å². The Morgan fingerprint density at radius 3 is 2.48 bits per heavy atom. The van der Waals surface area contributed by atoms with Crippen molar-refractivity contribution in [3.05, 3.63) is 29.3 Å². The third-order valence-corrected chi connectivity index (χ3v) is 6.42. The smallest absolute Gasteiger partial charge is 0.243 e. The summed E-state index contributed by atoms with van der Waals surface area (Å²) >= 11 is 0. The predicted molar refractivity (Wildman–Crippen MR) is 86.4 cm³/mol. The highest BCUT2D eigenvalue weighted by atomic mass is 32.2. The maximum Gasteiger partial charge on any atom is 0.243 e. The molecule has 0 spiro atoms. The summed E-state index contributed by atoms with van der Waals surface area (Å²) in [5.41, 5.74) is 1.34. The number of carbonyl (C=O) groups excluding carboxylic acids is 1. The minimum absolute atomic E-state index is 0.187. The lowest BCUT2D eigenvalue weighted by atomic mass is 9.87. The zero-order valence-electron chi connectivity index (χ0n) is 14.1. The third kappa shape index (κ3) is 3.58. The van der Waals surface area contributed by atoms with Crippen LogP contribution in [0.25, 0.3) is 0 Å². The number of benzene rings is 1. The van der Waals surface area contributed by atoms with Crippen LogP contribution in [0.15, 0.2) is 23.1 Å². The van der Waals surface area contributed by atoms with Gasteiger partial charge in [-0.15, -0.1) is 0 Å². The van der Waals surface area contributed by atoms with E-state index in [0.717, 1.165) is 9.87 Å². The van der Waals surface area contributed by atoms with Crippen molar-refractivity contribution in [2.75, 3.05) is 6.54 Å². The monoisotopic (exact) mass is 338 g/mol. The number of hydrogen-bond acceptors (Lipinski definition) is 4. The van der Waals surface area contributed by atoms with E-state index >= 15 is 0 Å². The van der Waals surface area contributed by atoms with Crippen LogP contribution in [0.1, 0.15) is 51.2 Å². The number of rotatable bonds is 3. The van der Waals surface area contributed by atoms with Crippen molar-refractivity contribution >= 4 is 16.0 Å². The van der Waals surface area contributed by atoms with Gasteiger partial charge in [-0.25, -0.2) is 8.42 Å². The summed E-state index contributed by atoms with van der Waals surface area (Å²) < 4.78 is 27.2. The summed E-state index contributed by atoms with van der Waals surface area (Å²) in [6.45, 7) is 7.99. The fraction of sp³-hybridized carbons (Fsp3) is 0.588. The molecular formula is C17H24NO4S-. The molecule has 1 aromatic rings. The lowest BCUT2D eigenvalue weighted by Gasteiger charge is -2.35. The Hall–Kier alpha value is -1.40. The highest BCUT2D eigenvalue weighted by molar-refractivity contribution is 7.89. The van der Waals surface area contributed by atoms with Gasteiger partial charge in [-0.2, -0.15) is 4.31 Å². The van der Waals surface area contributed by atoms with Crippen molar-refractivity contribution in [1.82, 2.24) is 4.31 Å². The summed E-state index contributed by atoms with van der Waals surface area (Å²) in [5, 5.41) is 11.3. The van der Waals surface area contributed by atoms with Gasteiger partial charge < -0.3 is 9.90 Å². The van der Waals surface area contributed by atoms with E-state index in [9.17, 15) is 18.3 Å². The standard InChI is InChI=1S/C17H25NO4S/c1-12-8-9-13(17(2,3)4)11-15(12)23(21,22)18-10-6-5-7-14(18)16(19)20/h8-9,11,14H,5-7,10H2,1-4H3,(H,19,20)/p-1/t14-/m0/s1. The number of carbonyl (C=O) groups is 1. The van der Waals surface area contributed by atoms with Crippen molar-refractivity contribution in [1.29, 1.82) is 0 Å². The van der Waals surface area contributed by atoms with E-state index in [1.807, 2.05) is 26.8 Å². The number of carboxylic acids is 1. The average Bonchev–Trinajstić information content (AvgIpc) is 2.46. The molecule has 1 fully saturated rings. The molecule has 1 heterocycles. The molecule has 0 bridgehead atoms. The molecule has 1 aliphatic rings. The van der Waals surface area contributed by atoms with Gasteiger partial charge in [0.25, 0.3) is 0 Å². The number of aryl methyl sites for hydroxylation is 1. The molecule has 1 atom stereocenters. The van der Waals surface area contributed by atoms with E-state index in [4.69, 9.17) is 0 Å². The minimum Gasteiger partial charge on any atom is -0.548 e. The van der Waals surface area contributed by atoms with Crippen LogP contribution in [-0.2, 0) is 20.2 Å². The summed E-state index contributed by atoms with van der Waals surface area (Å²) in [6, 6.07) is 4.30. The Balaban J connectivity index is 2.52. The van der Waals surface area contributed by atoms with Crippen molar-refractivity contribution in [3.63, 3.8) is 0 Å². The largest absolute Gasteiger partial charge is 0.548 e. The number of piperidine rings is 1. The third-order valence-electron chi connectivity index (χ3n) is 4.37. The van der Waals surface area contributed by atoms with Gasteiger partial charge in [0.1, 0.15) is 0 Å². The SMILES string of the molecule is Cc1ccc(C(C)(C)C)cc1S(=O)(=O)N1CCCC[C@H]1C(=O)[O-]. The normalized spacial score (nSPS) is 20.4. The molecule has 0 radical (unpaired) electrons. The zero-order valence-corrected chi connectivity index (χ0v) is 14.9. The van der Waals surface area contributed by atoms with Crippen LogP contribution in [0.3, 0.4) is 0 Å². The van der Waals surface area contributed by atoms with E-state index in [1.54, 1.807) is 19.1 Å². The highest BCUT2D eigenvalue weighted by Gasteiger charge is 2.35. The van der Waals surface area contributed by atoms with Crippen LogP contribution in [-0.4, -0.2) is 31.3 Å². The van der Waals surface area contributed by atoms with Crippen LogP contribution in [0.5, 0.6) is 0 Å². The molecule has 0 unspecified atom stereocenters. The number of aliphatic carboxylic acids is 1. The second kappa shape index (κ2) is 6.24. The maximum absolute atomic E-state index is 13.0. The van der Waals surface area contributed by atoms with Crippen LogP contribution in [0, 0.1) is 6.92 Å². The molecule has 5 nitrogen and oxygen atoms in total. The summed E-state index contributed by atoms with van der Waals surface area (Å²) in [7, 11) is -3.86. The second-order valence-corrected chi connectivity index (χ2v) is 9.04. The van der Waals surface area contributed by atoms with Crippen molar-refractivity contribution in [2.45, 2.75) is 63.3 Å². The van der Waals surface area contributed by atoms with Crippen molar-refractivity contribution in [3.8, 4) is 0 Å². The molecule has 1 aliphatic heterocycles.